The molecule has 0 radical (unpaired) electrons. The maximum Gasteiger partial charge on any atom is 0.222 e. The number of ether oxygens (including phenoxy) is 2. The summed E-state index contributed by atoms with van der Waals surface area (Å²) in [6.45, 7) is 1.41. The zero-order valence-electron chi connectivity index (χ0n) is 15.3. The number of methoxy groups -OCH3 is 1. The van der Waals surface area contributed by atoms with Gasteiger partial charge in [-0.05, 0) is 41.0 Å². The number of amides is 1. The molecule has 2 aromatic carbocycles. The van der Waals surface area contributed by atoms with Gasteiger partial charge in [-0.15, -0.1) is 0 Å². The van der Waals surface area contributed by atoms with Crippen LogP contribution >= 0.6 is 0 Å². The Balaban J connectivity index is 1.66. The van der Waals surface area contributed by atoms with E-state index in [0.717, 1.165) is 22.1 Å². The fraction of sp³-hybridized carbons (Fsp3) is 0.421. The molecule has 1 atom stereocenters. The SMILES string of the molecule is COc1ccc2cc(C3CN(C(=O)CCCS(N)(=O)=O)CCO3)ccc2c1. The first kappa shape index (κ1) is 19.6. The molecular weight excluding hydrogens is 368 g/mol. The van der Waals surface area contributed by atoms with Gasteiger partial charge in [0.2, 0.25) is 15.9 Å². The third-order valence-electron chi connectivity index (χ3n) is 4.68. The molecule has 3 rings (SSSR count). The van der Waals surface area contributed by atoms with Crippen LogP contribution in [0.15, 0.2) is 36.4 Å². The van der Waals surface area contributed by atoms with Crippen LogP contribution in [0.2, 0.25) is 0 Å². The number of carbonyl (C=O) groups excluding carboxylic acids is 1. The van der Waals surface area contributed by atoms with E-state index in [2.05, 4.69) is 6.07 Å². The van der Waals surface area contributed by atoms with E-state index in [4.69, 9.17) is 14.6 Å². The van der Waals surface area contributed by atoms with Gasteiger partial charge in [0, 0.05) is 13.0 Å². The van der Waals surface area contributed by atoms with E-state index in [1.54, 1.807) is 12.0 Å². The minimum absolute atomic E-state index is 0.0718. The number of benzene rings is 2. The molecule has 1 fully saturated rings. The number of rotatable bonds is 6. The van der Waals surface area contributed by atoms with Gasteiger partial charge in [0.1, 0.15) is 11.9 Å². The number of carbonyl (C=O) groups is 1. The van der Waals surface area contributed by atoms with E-state index in [1.807, 2.05) is 30.3 Å². The molecule has 0 saturated carbocycles. The summed E-state index contributed by atoms with van der Waals surface area (Å²) < 4.78 is 33.1. The zero-order valence-corrected chi connectivity index (χ0v) is 16.1. The van der Waals surface area contributed by atoms with E-state index in [0.29, 0.717) is 19.7 Å². The second kappa shape index (κ2) is 8.24. The molecule has 27 heavy (non-hydrogen) atoms. The van der Waals surface area contributed by atoms with Gasteiger partial charge in [-0.25, -0.2) is 13.6 Å². The standard InChI is InChI=1S/C19H24N2O5S/c1-25-17-7-6-14-11-16(5-4-15(14)12-17)18-13-21(8-9-26-18)19(22)3-2-10-27(20,23)24/h4-7,11-12,18H,2-3,8-10,13H2,1H3,(H2,20,23,24). The van der Waals surface area contributed by atoms with Crippen molar-refractivity contribution in [2.75, 3.05) is 32.6 Å². The number of hydrogen-bond donors (Lipinski definition) is 1. The number of nitrogens with two attached hydrogens (primary N) is 1. The third kappa shape index (κ3) is 5.18. The number of morpholine rings is 1. The summed E-state index contributed by atoms with van der Waals surface area (Å²) in [5.74, 6) is 0.554. The molecule has 1 aliphatic heterocycles. The molecular formula is C19H24N2O5S. The second-order valence-electron chi connectivity index (χ2n) is 6.64. The van der Waals surface area contributed by atoms with E-state index in [-0.39, 0.29) is 30.6 Å². The van der Waals surface area contributed by atoms with Crippen LogP contribution in [0.4, 0.5) is 0 Å². The molecule has 0 spiro atoms. The van der Waals surface area contributed by atoms with E-state index in [1.165, 1.54) is 0 Å². The smallest absolute Gasteiger partial charge is 0.222 e. The summed E-state index contributed by atoms with van der Waals surface area (Å²) in [7, 11) is -1.90. The molecule has 1 amide bonds. The molecule has 2 N–H and O–H groups in total. The largest absolute Gasteiger partial charge is 0.497 e. The van der Waals surface area contributed by atoms with Crippen LogP contribution in [-0.2, 0) is 19.6 Å². The summed E-state index contributed by atoms with van der Waals surface area (Å²) in [5, 5.41) is 7.13. The molecule has 0 bridgehead atoms. The molecule has 146 valence electrons. The highest BCUT2D eigenvalue weighted by molar-refractivity contribution is 7.89. The molecule has 1 saturated heterocycles. The molecule has 1 heterocycles. The Morgan fingerprint density at radius 3 is 2.74 bits per heavy atom. The molecule has 8 heteroatoms. The predicted octanol–water partition coefficient (Wildman–Crippen LogP) is 1.82. The van der Waals surface area contributed by atoms with E-state index in [9.17, 15) is 13.2 Å². The zero-order chi connectivity index (χ0) is 19.4. The monoisotopic (exact) mass is 392 g/mol. The molecule has 0 aliphatic carbocycles. The van der Waals surface area contributed by atoms with Gasteiger partial charge >= 0.3 is 0 Å². The van der Waals surface area contributed by atoms with Gasteiger partial charge < -0.3 is 14.4 Å². The quantitative estimate of drug-likeness (QED) is 0.808. The highest BCUT2D eigenvalue weighted by Gasteiger charge is 2.25. The fourth-order valence-electron chi connectivity index (χ4n) is 3.23. The second-order valence-corrected chi connectivity index (χ2v) is 8.38. The first-order valence-electron chi connectivity index (χ1n) is 8.83. The normalized spacial score (nSPS) is 17.9. The van der Waals surface area contributed by atoms with Crippen molar-refractivity contribution >= 4 is 26.7 Å². The van der Waals surface area contributed by atoms with Crippen LogP contribution in [0.1, 0.15) is 24.5 Å². The maximum atomic E-state index is 12.4. The Morgan fingerprint density at radius 1 is 1.26 bits per heavy atom. The van der Waals surface area contributed by atoms with E-state index < -0.39 is 10.0 Å². The van der Waals surface area contributed by atoms with Crippen molar-refractivity contribution in [2.45, 2.75) is 18.9 Å². The first-order valence-corrected chi connectivity index (χ1v) is 10.5. The van der Waals surface area contributed by atoms with Crippen molar-refractivity contribution in [3.8, 4) is 5.75 Å². The number of primary sulfonamides is 1. The minimum atomic E-state index is -3.53. The summed E-state index contributed by atoms with van der Waals surface area (Å²) in [6, 6.07) is 12.0. The summed E-state index contributed by atoms with van der Waals surface area (Å²) in [6.07, 6.45) is 0.200. The van der Waals surface area contributed by atoms with E-state index >= 15 is 0 Å². The number of nitrogens with zero attached hydrogens (tertiary/aromatic N) is 1. The predicted molar refractivity (Wildman–Crippen MR) is 103 cm³/mol. The van der Waals surface area contributed by atoms with Crippen LogP contribution in [0.25, 0.3) is 10.8 Å². The lowest BCUT2D eigenvalue weighted by Crippen LogP contribution is -2.42. The van der Waals surface area contributed by atoms with Crippen molar-refractivity contribution in [3.05, 3.63) is 42.0 Å². The van der Waals surface area contributed by atoms with Gasteiger partial charge in [-0.2, -0.15) is 0 Å². The van der Waals surface area contributed by atoms with Crippen molar-refractivity contribution in [3.63, 3.8) is 0 Å². The Bertz CT molecular complexity index is 929. The number of hydrogen-bond acceptors (Lipinski definition) is 5. The highest BCUT2D eigenvalue weighted by Crippen LogP contribution is 2.28. The Labute approximate surface area is 159 Å². The molecule has 1 unspecified atom stereocenters. The third-order valence-corrected chi connectivity index (χ3v) is 5.54. The summed E-state index contributed by atoms with van der Waals surface area (Å²) in [4.78, 5) is 14.1. The fourth-order valence-corrected chi connectivity index (χ4v) is 3.78. The first-order chi connectivity index (χ1) is 12.9. The topological polar surface area (TPSA) is 98.9 Å². The van der Waals surface area contributed by atoms with Crippen LogP contribution in [0.3, 0.4) is 0 Å². The Morgan fingerprint density at radius 2 is 2.00 bits per heavy atom. The van der Waals surface area contributed by atoms with Crippen LogP contribution in [-0.4, -0.2) is 51.8 Å². The van der Waals surface area contributed by atoms with Crippen molar-refractivity contribution in [2.24, 2.45) is 5.14 Å². The van der Waals surface area contributed by atoms with Crippen molar-refractivity contribution in [1.82, 2.24) is 4.90 Å². The minimum Gasteiger partial charge on any atom is -0.497 e. The molecule has 2 aromatic rings. The van der Waals surface area contributed by atoms with Crippen LogP contribution in [0.5, 0.6) is 5.75 Å². The Hall–Kier alpha value is -2.16. The molecule has 0 aromatic heterocycles. The van der Waals surface area contributed by atoms with Crippen molar-refractivity contribution in [1.29, 1.82) is 0 Å². The summed E-state index contributed by atoms with van der Waals surface area (Å²) in [5.41, 5.74) is 1.01. The lowest BCUT2D eigenvalue weighted by Gasteiger charge is -2.33. The lowest BCUT2D eigenvalue weighted by molar-refractivity contribution is -0.139. The van der Waals surface area contributed by atoms with Gasteiger partial charge in [0.15, 0.2) is 0 Å². The lowest BCUT2D eigenvalue weighted by atomic mass is 10.0. The van der Waals surface area contributed by atoms with Gasteiger partial charge in [-0.3, -0.25) is 4.79 Å². The maximum absolute atomic E-state index is 12.4. The van der Waals surface area contributed by atoms with Gasteiger partial charge in [-0.1, -0.05) is 18.2 Å². The van der Waals surface area contributed by atoms with Crippen LogP contribution < -0.4 is 9.88 Å². The van der Waals surface area contributed by atoms with Gasteiger partial charge in [0.05, 0.1) is 26.0 Å². The summed E-state index contributed by atoms with van der Waals surface area (Å²) >= 11 is 0. The average molecular weight is 392 g/mol. The van der Waals surface area contributed by atoms with Crippen molar-refractivity contribution < 1.29 is 22.7 Å². The average Bonchev–Trinajstić information content (AvgIpc) is 2.66. The Kier molecular flexibility index (Phi) is 5.98. The highest BCUT2D eigenvalue weighted by atomic mass is 32.2. The van der Waals surface area contributed by atoms with Crippen LogP contribution in [0, 0.1) is 0 Å². The molecule has 1 aliphatic rings. The molecule has 7 nitrogen and oxygen atoms in total. The number of fused-ring (bicyclic) bond motifs is 1. The number of sulfonamides is 1. The van der Waals surface area contributed by atoms with Gasteiger partial charge in [0.25, 0.3) is 0 Å².